The molecule has 0 amide bonds. The van der Waals surface area contributed by atoms with Gasteiger partial charge in [-0.3, -0.25) is 4.98 Å². The van der Waals surface area contributed by atoms with Gasteiger partial charge in [-0.2, -0.15) is 0 Å². The van der Waals surface area contributed by atoms with E-state index in [2.05, 4.69) is 10.3 Å². The molecule has 0 aliphatic carbocycles. The molecule has 1 N–H and O–H groups in total. The first-order valence-corrected chi connectivity index (χ1v) is 7.33. The molecular formula is C16H18F2N2O2. The van der Waals surface area contributed by atoms with Crippen LogP contribution in [0.15, 0.2) is 24.4 Å². The first-order valence-electron chi connectivity index (χ1n) is 7.33. The summed E-state index contributed by atoms with van der Waals surface area (Å²) in [6.45, 7) is 3.81. The predicted octanol–water partition coefficient (Wildman–Crippen LogP) is 3.12. The Morgan fingerprint density at radius 2 is 2.32 bits per heavy atom. The Bertz CT molecular complexity index is 660. The number of hydrogen-bond donors (Lipinski definition) is 1. The lowest BCUT2D eigenvalue weighted by Crippen LogP contribution is -2.26. The van der Waals surface area contributed by atoms with Crippen molar-refractivity contribution in [1.29, 1.82) is 0 Å². The number of fused-ring (bicyclic) bond motifs is 1. The van der Waals surface area contributed by atoms with Gasteiger partial charge in [0.1, 0.15) is 11.3 Å². The van der Waals surface area contributed by atoms with E-state index < -0.39 is 11.6 Å². The molecule has 4 nitrogen and oxygen atoms in total. The van der Waals surface area contributed by atoms with Gasteiger partial charge >= 0.3 is 0 Å². The fourth-order valence-electron chi connectivity index (χ4n) is 2.54. The molecule has 0 radical (unpaired) electrons. The number of nitrogens with zero attached hydrogens (tertiary/aromatic N) is 1. The van der Waals surface area contributed by atoms with Crippen LogP contribution in [0.5, 0.6) is 0 Å². The third kappa shape index (κ3) is 3.34. The van der Waals surface area contributed by atoms with Crippen molar-refractivity contribution in [3.05, 3.63) is 36.0 Å². The lowest BCUT2D eigenvalue weighted by atomic mass is 10.1. The number of benzene rings is 1. The summed E-state index contributed by atoms with van der Waals surface area (Å²) in [5.74, 6) is -1.28. The number of aromatic nitrogens is 1. The maximum absolute atomic E-state index is 13.7. The molecular weight excluding hydrogens is 290 g/mol. The van der Waals surface area contributed by atoms with E-state index in [4.69, 9.17) is 9.47 Å². The van der Waals surface area contributed by atoms with Crippen molar-refractivity contribution < 1.29 is 18.3 Å². The summed E-state index contributed by atoms with van der Waals surface area (Å²) in [4.78, 5) is 3.97. The maximum Gasteiger partial charge on any atom is 0.152 e. The van der Waals surface area contributed by atoms with Crippen LogP contribution in [0.25, 0.3) is 10.9 Å². The number of nitrogens with one attached hydrogen (secondary N) is 1. The van der Waals surface area contributed by atoms with Crippen LogP contribution in [0.3, 0.4) is 0 Å². The van der Waals surface area contributed by atoms with Gasteiger partial charge < -0.3 is 14.8 Å². The summed E-state index contributed by atoms with van der Waals surface area (Å²) in [5, 5.41) is 3.65. The van der Waals surface area contributed by atoms with E-state index in [1.807, 2.05) is 6.92 Å². The second-order valence-electron chi connectivity index (χ2n) is 5.51. The van der Waals surface area contributed by atoms with E-state index in [1.54, 1.807) is 6.07 Å². The lowest BCUT2D eigenvalue weighted by Gasteiger charge is -2.19. The average Bonchev–Trinajstić information content (AvgIpc) is 2.99. The van der Waals surface area contributed by atoms with Gasteiger partial charge in [0, 0.05) is 36.0 Å². The van der Waals surface area contributed by atoms with Gasteiger partial charge in [-0.05, 0) is 25.5 Å². The van der Waals surface area contributed by atoms with Crippen molar-refractivity contribution >= 4 is 16.6 Å². The molecule has 2 aromatic rings. The normalized spacial score (nSPS) is 19.5. The van der Waals surface area contributed by atoms with Gasteiger partial charge in [0.05, 0.1) is 19.3 Å². The van der Waals surface area contributed by atoms with Crippen LogP contribution in [-0.2, 0) is 9.47 Å². The molecule has 3 rings (SSSR count). The van der Waals surface area contributed by atoms with Crippen LogP contribution in [0, 0.1) is 11.6 Å². The van der Waals surface area contributed by atoms with Gasteiger partial charge in [-0.1, -0.05) is 0 Å². The molecule has 0 saturated carbocycles. The van der Waals surface area contributed by atoms with E-state index in [9.17, 15) is 8.78 Å². The molecule has 1 saturated heterocycles. The molecule has 0 bridgehead atoms. The predicted molar refractivity (Wildman–Crippen MR) is 79.9 cm³/mol. The molecule has 6 heteroatoms. The number of anilines is 1. The SMILES string of the molecule is CC(COC1CCOC1)Nc1ccnc2c(F)cc(F)cc12. The minimum atomic E-state index is -0.661. The average molecular weight is 308 g/mol. The quantitative estimate of drug-likeness (QED) is 0.921. The van der Waals surface area contributed by atoms with Crippen molar-refractivity contribution in [2.75, 3.05) is 25.1 Å². The summed E-state index contributed by atoms with van der Waals surface area (Å²) >= 11 is 0. The highest BCUT2D eigenvalue weighted by atomic mass is 19.1. The van der Waals surface area contributed by atoms with E-state index >= 15 is 0 Å². The molecule has 2 heterocycles. The zero-order valence-corrected chi connectivity index (χ0v) is 12.3. The summed E-state index contributed by atoms with van der Waals surface area (Å²) in [7, 11) is 0. The third-order valence-electron chi connectivity index (χ3n) is 3.63. The van der Waals surface area contributed by atoms with E-state index in [0.717, 1.165) is 19.1 Å². The Morgan fingerprint density at radius 1 is 1.45 bits per heavy atom. The van der Waals surface area contributed by atoms with Crippen LogP contribution < -0.4 is 5.32 Å². The molecule has 118 valence electrons. The first kappa shape index (κ1) is 15.1. The molecule has 0 spiro atoms. The van der Waals surface area contributed by atoms with Crippen molar-refractivity contribution in [3.63, 3.8) is 0 Å². The largest absolute Gasteiger partial charge is 0.380 e. The van der Waals surface area contributed by atoms with Gasteiger partial charge in [-0.25, -0.2) is 8.78 Å². The van der Waals surface area contributed by atoms with E-state index in [0.29, 0.717) is 24.3 Å². The smallest absolute Gasteiger partial charge is 0.152 e. The standard InChI is InChI=1S/C16H18F2N2O2/c1-10(8-22-12-3-5-21-9-12)20-15-2-4-19-16-13(15)6-11(17)7-14(16)18/h2,4,6-7,10,12H,3,5,8-9H2,1H3,(H,19,20). The minimum absolute atomic E-state index is 0.00229. The van der Waals surface area contributed by atoms with Gasteiger partial charge in [0.25, 0.3) is 0 Å². The Hall–Kier alpha value is -1.79. The first-order chi connectivity index (χ1) is 10.6. The second-order valence-corrected chi connectivity index (χ2v) is 5.51. The van der Waals surface area contributed by atoms with E-state index in [1.165, 1.54) is 12.3 Å². The molecule has 1 aromatic carbocycles. The molecule has 2 atom stereocenters. The molecule has 1 fully saturated rings. The highest BCUT2D eigenvalue weighted by Gasteiger charge is 2.17. The molecule has 1 aliphatic rings. The Kier molecular flexibility index (Phi) is 4.49. The van der Waals surface area contributed by atoms with Crippen LogP contribution >= 0.6 is 0 Å². The number of rotatable bonds is 5. The number of ether oxygens (including phenoxy) is 2. The zero-order chi connectivity index (χ0) is 15.5. The van der Waals surface area contributed by atoms with Crippen LogP contribution in [0.1, 0.15) is 13.3 Å². The monoisotopic (exact) mass is 308 g/mol. The van der Waals surface area contributed by atoms with Crippen molar-refractivity contribution in [2.45, 2.75) is 25.5 Å². The van der Waals surface area contributed by atoms with E-state index in [-0.39, 0.29) is 17.7 Å². The van der Waals surface area contributed by atoms with Crippen LogP contribution in [0.4, 0.5) is 14.5 Å². The third-order valence-corrected chi connectivity index (χ3v) is 3.63. The van der Waals surface area contributed by atoms with Crippen LogP contribution in [-0.4, -0.2) is 37.0 Å². The molecule has 1 aliphatic heterocycles. The number of halogens is 2. The summed E-state index contributed by atoms with van der Waals surface area (Å²) in [6.07, 6.45) is 2.54. The van der Waals surface area contributed by atoms with Gasteiger partial charge in [-0.15, -0.1) is 0 Å². The summed E-state index contributed by atoms with van der Waals surface area (Å²) in [6, 6.07) is 3.83. The molecule has 22 heavy (non-hydrogen) atoms. The fraction of sp³-hybridized carbons (Fsp3) is 0.438. The highest BCUT2D eigenvalue weighted by Crippen LogP contribution is 2.25. The minimum Gasteiger partial charge on any atom is -0.380 e. The lowest BCUT2D eigenvalue weighted by molar-refractivity contribution is 0.0395. The van der Waals surface area contributed by atoms with Crippen molar-refractivity contribution in [1.82, 2.24) is 4.98 Å². The fourth-order valence-corrected chi connectivity index (χ4v) is 2.54. The highest BCUT2D eigenvalue weighted by molar-refractivity contribution is 5.91. The number of pyridine rings is 1. The second kappa shape index (κ2) is 6.54. The van der Waals surface area contributed by atoms with Crippen LogP contribution in [0.2, 0.25) is 0 Å². The zero-order valence-electron chi connectivity index (χ0n) is 12.3. The summed E-state index contributed by atoms with van der Waals surface area (Å²) < 4.78 is 38.2. The molecule has 2 unspecified atom stereocenters. The molecule has 1 aromatic heterocycles. The van der Waals surface area contributed by atoms with Crippen molar-refractivity contribution in [3.8, 4) is 0 Å². The summed E-state index contributed by atoms with van der Waals surface area (Å²) in [5.41, 5.74) is 0.797. The van der Waals surface area contributed by atoms with Crippen molar-refractivity contribution in [2.24, 2.45) is 0 Å². The Morgan fingerprint density at radius 3 is 3.09 bits per heavy atom. The van der Waals surface area contributed by atoms with Gasteiger partial charge in [0.2, 0.25) is 0 Å². The topological polar surface area (TPSA) is 43.4 Å². The maximum atomic E-state index is 13.7. The van der Waals surface area contributed by atoms with Gasteiger partial charge in [0.15, 0.2) is 5.82 Å². The Labute approximate surface area is 127 Å². The number of hydrogen-bond acceptors (Lipinski definition) is 4. The Balaban J connectivity index is 1.72.